The Labute approximate surface area is 143 Å². The number of amides is 1. The Morgan fingerprint density at radius 2 is 1.57 bits per heavy atom. The van der Waals surface area contributed by atoms with Gasteiger partial charge in [-0.2, -0.15) is 0 Å². The summed E-state index contributed by atoms with van der Waals surface area (Å²) in [5, 5.41) is 3.32. The number of aromatic nitrogens is 1. The van der Waals surface area contributed by atoms with Crippen LogP contribution in [0, 0.1) is 0 Å². The van der Waals surface area contributed by atoms with Gasteiger partial charge in [0.25, 0.3) is 5.91 Å². The first-order valence-electron chi connectivity index (χ1n) is 6.93. The zero-order valence-corrected chi connectivity index (χ0v) is 13.5. The number of carbonyl (C=O) groups is 1. The number of benzene rings is 2. The van der Waals surface area contributed by atoms with Crippen molar-refractivity contribution in [3.8, 4) is 11.1 Å². The average molecular weight is 343 g/mol. The predicted octanol–water partition coefficient (Wildman–Crippen LogP) is 5.31. The molecule has 0 saturated carbocycles. The van der Waals surface area contributed by atoms with Crippen molar-refractivity contribution < 1.29 is 4.79 Å². The lowest BCUT2D eigenvalue weighted by Gasteiger charge is -2.11. The third kappa shape index (κ3) is 3.52. The van der Waals surface area contributed by atoms with E-state index in [9.17, 15) is 4.79 Å². The summed E-state index contributed by atoms with van der Waals surface area (Å²) in [6.45, 7) is 0. The molecular weight excluding hydrogens is 331 g/mol. The molecule has 3 nitrogen and oxygen atoms in total. The number of para-hydroxylation sites is 1. The zero-order valence-electron chi connectivity index (χ0n) is 12.0. The van der Waals surface area contributed by atoms with Gasteiger partial charge in [-0.15, -0.1) is 0 Å². The van der Waals surface area contributed by atoms with Gasteiger partial charge in [0.05, 0.1) is 5.02 Å². The van der Waals surface area contributed by atoms with Crippen LogP contribution in [0.15, 0.2) is 66.7 Å². The first-order valence-corrected chi connectivity index (χ1v) is 7.68. The van der Waals surface area contributed by atoms with E-state index in [2.05, 4.69) is 10.3 Å². The Morgan fingerprint density at radius 3 is 2.35 bits per heavy atom. The third-order valence-corrected chi connectivity index (χ3v) is 3.80. The van der Waals surface area contributed by atoms with Gasteiger partial charge in [-0.1, -0.05) is 71.7 Å². The van der Waals surface area contributed by atoms with Gasteiger partial charge in [-0.25, -0.2) is 4.98 Å². The largest absolute Gasteiger partial charge is 0.320 e. The quantitative estimate of drug-likeness (QED) is 0.655. The van der Waals surface area contributed by atoms with E-state index >= 15 is 0 Å². The first kappa shape index (κ1) is 15.5. The fraction of sp³-hybridized carbons (Fsp3) is 0. The van der Waals surface area contributed by atoms with Gasteiger partial charge >= 0.3 is 0 Å². The number of rotatable bonds is 3. The van der Waals surface area contributed by atoms with Crippen molar-refractivity contribution in [1.82, 2.24) is 4.98 Å². The van der Waals surface area contributed by atoms with Crippen LogP contribution in [0.5, 0.6) is 0 Å². The summed E-state index contributed by atoms with van der Waals surface area (Å²) < 4.78 is 0. The molecule has 0 bridgehead atoms. The molecule has 3 aromatic rings. The van der Waals surface area contributed by atoms with Crippen LogP contribution < -0.4 is 5.32 Å². The number of hydrogen-bond donors (Lipinski definition) is 1. The lowest BCUT2D eigenvalue weighted by molar-refractivity contribution is 0.102. The third-order valence-electron chi connectivity index (χ3n) is 3.29. The van der Waals surface area contributed by atoms with E-state index in [-0.39, 0.29) is 15.9 Å². The summed E-state index contributed by atoms with van der Waals surface area (Å²) in [4.78, 5) is 16.4. The van der Waals surface area contributed by atoms with E-state index in [1.54, 1.807) is 12.1 Å². The lowest BCUT2D eigenvalue weighted by Crippen LogP contribution is -2.15. The van der Waals surface area contributed by atoms with Gasteiger partial charge in [0.2, 0.25) is 0 Å². The Morgan fingerprint density at radius 1 is 0.870 bits per heavy atom. The molecule has 0 saturated heterocycles. The fourth-order valence-electron chi connectivity index (χ4n) is 2.22. The molecule has 5 heteroatoms. The highest BCUT2D eigenvalue weighted by Gasteiger charge is 2.15. The molecule has 0 atom stereocenters. The first-order chi connectivity index (χ1) is 11.1. The Hall–Kier alpha value is -2.36. The molecule has 0 unspecified atom stereocenters. The van der Waals surface area contributed by atoms with Crippen LogP contribution in [0.1, 0.15) is 10.5 Å². The Balaban J connectivity index is 1.95. The Bertz CT molecular complexity index is 851. The van der Waals surface area contributed by atoms with Crippen molar-refractivity contribution in [3.05, 3.63) is 82.6 Å². The summed E-state index contributed by atoms with van der Waals surface area (Å²) >= 11 is 11.9. The van der Waals surface area contributed by atoms with Gasteiger partial charge < -0.3 is 5.32 Å². The van der Waals surface area contributed by atoms with E-state index < -0.39 is 5.91 Å². The van der Waals surface area contributed by atoms with Crippen LogP contribution >= 0.6 is 23.2 Å². The van der Waals surface area contributed by atoms with Crippen LogP contribution in [-0.4, -0.2) is 10.9 Å². The molecule has 3 rings (SSSR count). The maximum Gasteiger partial charge on any atom is 0.275 e. The molecule has 0 aliphatic carbocycles. The Kier molecular flexibility index (Phi) is 4.60. The molecule has 0 aliphatic rings. The molecule has 23 heavy (non-hydrogen) atoms. The molecule has 2 aromatic carbocycles. The number of hydrogen-bond acceptors (Lipinski definition) is 2. The van der Waals surface area contributed by atoms with E-state index in [1.165, 1.54) is 0 Å². The van der Waals surface area contributed by atoms with Gasteiger partial charge in [-0.3, -0.25) is 4.79 Å². The van der Waals surface area contributed by atoms with Crippen molar-refractivity contribution in [2.45, 2.75) is 0 Å². The number of pyridine rings is 1. The highest BCUT2D eigenvalue weighted by molar-refractivity contribution is 6.35. The minimum absolute atomic E-state index is 0.0991. The summed E-state index contributed by atoms with van der Waals surface area (Å²) in [5.74, 6) is -0.402. The maximum atomic E-state index is 12.5. The van der Waals surface area contributed by atoms with Crippen LogP contribution in [0.25, 0.3) is 11.1 Å². The van der Waals surface area contributed by atoms with Crippen molar-refractivity contribution in [1.29, 1.82) is 0 Å². The normalized spacial score (nSPS) is 10.3. The highest BCUT2D eigenvalue weighted by Crippen LogP contribution is 2.28. The predicted molar refractivity (Wildman–Crippen MR) is 94.1 cm³/mol. The molecule has 0 spiro atoms. The summed E-state index contributed by atoms with van der Waals surface area (Å²) in [6, 6.07) is 20.4. The highest BCUT2D eigenvalue weighted by atomic mass is 35.5. The number of carbonyl (C=O) groups excluding carboxylic acids is 1. The van der Waals surface area contributed by atoms with Crippen molar-refractivity contribution in [2.24, 2.45) is 0 Å². The van der Waals surface area contributed by atoms with E-state index in [1.807, 2.05) is 54.6 Å². The van der Waals surface area contributed by atoms with Gasteiger partial charge in [0.1, 0.15) is 10.8 Å². The van der Waals surface area contributed by atoms with Crippen molar-refractivity contribution in [3.63, 3.8) is 0 Å². The molecule has 1 amide bonds. The fourth-order valence-corrected chi connectivity index (χ4v) is 2.56. The number of nitrogens with one attached hydrogen (secondary N) is 1. The SMILES string of the molecule is O=C(Nc1ccccc1-c1ccccc1)c1nc(Cl)ccc1Cl. The molecule has 114 valence electrons. The second-order valence-corrected chi connectivity index (χ2v) is 5.62. The minimum atomic E-state index is -0.402. The molecule has 0 fully saturated rings. The van der Waals surface area contributed by atoms with E-state index in [4.69, 9.17) is 23.2 Å². The molecule has 1 aromatic heterocycles. The van der Waals surface area contributed by atoms with Crippen molar-refractivity contribution in [2.75, 3.05) is 5.32 Å². The van der Waals surface area contributed by atoms with Gasteiger partial charge in [0, 0.05) is 11.3 Å². The van der Waals surface area contributed by atoms with Crippen LogP contribution in [0.4, 0.5) is 5.69 Å². The standard InChI is InChI=1S/C18H12Cl2N2O/c19-14-10-11-16(20)22-17(14)18(23)21-15-9-5-4-8-13(15)12-6-2-1-3-7-12/h1-11H,(H,21,23). The van der Waals surface area contributed by atoms with Crippen LogP contribution in [-0.2, 0) is 0 Å². The van der Waals surface area contributed by atoms with Gasteiger partial charge in [0.15, 0.2) is 0 Å². The maximum absolute atomic E-state index is 12.5. The molecule has 0 radical (unpaired) electrons. The molecule has 0 aliphatic heterocycles. The lowest BCUT2D eigenvalue weighted by atomic mass is 10.0. The molecule has 1 heterocycles. The monoisotopic (exact) mass is 342 g/mol. The summed E-state index contributed by atoms with van der Waals surface area (Å²) in [7, 11) is 0. The summed E-state index contributed by atoms with van der Waals surface area (Å²) in [5.41, 5.74) is 2.71. The van der Waals surface area contributed by atoms with E-state index in [0.29, 0.717) is 5.69 Å². The number of halogens is 2. The zero-order chi connectivity index (χ0) is 16.2. The number of anilines is 1. The number of nitrogens with zero attached hydrogens (tertiary/aromatic N) is 1. The molecule has 1 N–H and O–H groups in total. The van der Waals surface area contributed by atoms with E-state index in [0.717, 1.165) is 11.1 Å². The topological polar surface area (TPSA) is 42.0 Å². The van der Waals surface area contributed by atoms with Crippen LogP contribution in [0.3, 0.4) is 0 Å². The average Bonchev–Trinajstić information content (AvgIpc) is 2.58. The minimum Gasteiger partial charge on any atom is -0.320 e. The molecular formula is C18H12Cl2N2O. The smallest absolute Gasteiger partial charge is 0.275 e. The second kappa shape index (κ2) is 6.82. The van der Waals surface area contributed by atoms with Crippen molar-refractivity contribution >= 4 is 34.8 Å². The van der Waals surface area contributed by atoms with Gasteiger partial charge in [-0.05, 0) is 23.8 Å². The van der Waals surface area contributed by atoms with Crippen LogP contribution in [0.2, 0.25) is 10.2 Å². The summed E-state index contributed by atoms with van der Waals surface area (Å²) in [6.07, 6.45) is 0. The second-order valence-electron chi connectivity index (χ2n) is 4.83.